The van der Waals surface area contributed by atoms with Crippen molar-refractivity contribution < 1.29 is 14.3 Å². The average Bonchev–Trinajstić information content (AvgIpc) is 3.02. The third-order valence-electron chi connectivity index (χ3n) is 4.17. The number of hydrogen-bond donors (Lipinski definition) is 1. The highest BCUT2D eigenvalue weighted by Crippen LogP contribution is 2.29. The van der Waals surface area contributed by atoms with E-state index in [1.165, 1.54) is 10.9 Å². The number of thioether (sulfide) groups is 1. The molecular formula is C20H15N3O4S. The number of carbonyl (C=O) groups excluding carboxylic acids is 2. The van der Waals surface area contributed by atoms with Crippen LogP contribution in [0.1, 0.15) is 5.56 Å². The molecule has 7 nitrogen and oxygen atoms in total. The van der Waals surface area contributed by atoms with Gasteiger partial charge in [0.15, 0.2) is 0 Å². The van der Waals surface area contributed by atoms with Crippen LogP contribution in [0.5, 0.6) is 5.75 Å². The summed E-state index contributed by atoms with van der Waals surface area (Å²) in [6, 6.07) is 14.4. The van der Waals surface area contributed by atoms with E-state index in [1.807, 2.05) is 18.2 Å². The van der Waals surface area contributed by atoms with Crippen LogP contribution in [0.2, 0.25) is 0 Å². The lowest BCUT2D eigenvalue weighted by Crippen LogP contribution is -2.23. The van der Waals surface area contributed by atoms with Crippen molar-refractivity contribution in [3.63, 3.8) is 0 Å². The zero-order chi connectivity index (χ0) is 19.5. The normalized spacial score (nSPS) is 15.2. The summed E-state index contributed by atoms with van der Waals surface area (Å²) < 4.78 is 7.32. The van der Waals surface area contributed by atoms with Gasteiger partial charge in [0.25, 0.3) is 16.7 Å². The van der Waals surface area contributed by atoms with Crippen LogP contribution in [-0.2, 0) is 11.3 Å². The molecule has 28 heavy (non-hydrogen) atoms. The smallest absolute Gasteiger partial charge is 0.290 e. The summed E-state index contributed by atoms with van der Waals surface area (Å²) in [6.45, 7) is 0.577. The van der Waals surface area contributed by atoms with E-state index in [1.54, 1.807) is 36.4 Å². The molecule has 0 radical (unpaired) electrons. The Morgan fingerprint density at radius 3 is 2.68 bits per heavy atom. The third kappa shape index (κ3) is 3.67. The first-order chi connectivity index (χ1) is 13.6. The molecule has 0 bridgehead atoms. The molecule has 0 saturated carbocycles. The highest BCUT2D eigenvalue weighted by atomic mass is 32.2. The quantitative estimate of drug-likeness (QED) is 0.671. The molecule has 0 unspecified atom stereocenters. The Morgan fingerprint density at radius 2 is 1.86 bits per heavy atom. The number of rotatable bonds is 5. The molecule has 0 spiro atoms. The van der Waals surface area contributed by atoms with Gasteiger partial charge in [-0.25, -0.2) is 4.98 Å². The van der Waals surface area contributed by atoms with Crippen molar-refractivity contribution in [3.8, 4) is 5.75 Å². The molecule has 2 heterocycles. The monoisotopic (exact) mass is 393 g/mol. The van der Waals surface area contributed by atoms with Gasteiger partial charge in [0.2, 0.25) is 0 Å². The summed E-state index contributed by atoms with van der Waals surface area (Å²) in [5.74, 6) is 0.142. The highest BCUT2D eigenvalue weighted by molar-refractivity contribution is 8.18. The summed E-state index contributed by atoms with van der Waals surface area (Å²) >= 11 is 0.853. The molecule has 8 heteroatoms. The van der Waals surface area contributed by atoms with Crippen molar-refractivity contribution in [1.82, 2.24) is 14.9 Å². The van der Waals surface area contributed by atoms with Crippen molar-refractivity contribution >= 4 is 39.9 Å². The van der Waals surface area contributed by atoms with Gasteiger partial charge in [-0.15, -0.1) is 0 Å². The molecule has 1 saturated heterocycles. The lowest BCUT2D eigenvalue weighted by molar-refractivity contribution is -0.115. The topological polar surface area (TPSA) is 90.3 Å². The Bertz CT molecular complexity index is 1170. The van der Waals surface area contributed by atoms with Gasteiger partial charge in [0.05, 0.1) is 28.7 Å². The molecule has 1 aliphatic heterocycles. The molecule has 0 atom stereocenters. The van der Waals surface area contributed by atoms with Crippen LogP contribution >= 0.6 is 11.8 Å². The third-order valence-corrected chi connectivity index (χ3v) is 4.98. The Morgan fingerprint density at radius 1 is 1.07 bits per heavy atom. The van der Waals surface area contributed by atoms with E-state index in [9.17, 15) is 14.4 Å². The molecule has 2 amide bonds. The Labute approximate surface area is 164 Å². The summed E-state index contributed by atoms with van der Waals surface area (Å²) in [6.07, 6.45) is 3.12. The second kappa shape index (κ2) is 7.69. The number of imide groups is 1. The molecule has 1 aliphatic rings. The molecule has 140 valence electrons. The number of carbonyl (C=O) groups is 2. The molecular weight excluding hydrogens is 378 g/mol. The number of aromatic nitrogens is 2. The van der Waals surface area contributed by atoms with Gasteiger partial charge in [-0.05, 0) is 36.0 Å². The predicted molar refractivity (Wildman–Crippen MR) is 107 cm³/mol. The van der Waals surface area contributed by atoms with Crippen molar-refractivity contribution in [2.24, 2.45) is 0 Å². The first-order valence-corrected chi connectivity index (χ1v) is 9.34. The van der Waals surface area contributed by atoms with E-state index in [2.05, 4.69) is 10.3 Å². The number of benzene rings is 2. The lowest BCUT2D eigenvalue weighted by atomic mass is 10.2. The van der Waals surface area contributed by atoms with Gasteiger partial charge in [-0.3, -0.25) is 24.3 Å². The fourth-order valence-electron chi connectivity index (χ4n) is 2.81. The minimum atomic E-state index is -0.418. The van der Waals surface area contributed by atoms with Gasteiger partial charge < -0.3 is 4.74 Å². The zero-order valence-electron chi connectivity index (χ0n) is 14.6. The van der Waals surface area contributed by atoms with E-state index in [0.717, 1.165) is 11.8 Å². The number of para-hydroxylation sites is 2. The van der Waals surface area contributed by atoms with Crippen LogP contribution in [0.15, 0.2) is 64.6 Å². The summed E-state index contributed by atoms with van der Waals surface area (Å²) in [5, 5.41) is 2.39. The van der Waals surface area contributed by atoms with Gasteiger partial charge >= 0.3 is 0 Å². The zero-order valence-corrected chi connectivity index (χ0v) is 15.4. The standard InChI is InChI=1S/C20H15N3O4S/c24-18-17(28-20(26)22-18)11-13-5-1-4-8-16(13)27-10-9-23-12-21-15-7-3-2-6-14(15)19(23)25/h1-8,11-12H,9-10H2,(H,22,24,26). The number of fused-ring (bicyclic) bond motifs is 1. The molecule has 4 rings (SSSR count). The molecule has 2 aromatic carbocycles. The van der Waals surface area contributed by atoms with E-state index in [4.69, 9.17) is 4.74 Å². The highest BCUT2D eigenvalue weighted by Gasteiger charge is 2.25. The number of ether oxygens (including phenoxy) is 1. The van der Waals surface area contributed by atoms with Crippen molar-refractivity contribution in [3.05, 3.63) is 75.7 Å². The van der Waals surface area contributed by atoms with Gasteiger partial charge in [0, 0.05) is 5.56 Å². The number of amides is 2. The fourth-order valence-corrected chi connectivity index (χ4v) is 3.49. The molecule has 1 N–H and O–H groups in total. The first kappa shape index (κ1) is 18.0. The van der Waals surface area contributed by atoms with Crippen molar-refractivity contribution in [2.45, 2.75) is 6.54 Å². The van der Waals surface area contributed by atoms with Crippen molar-refractivity contribution in [1.29, 1.82) is 0 Å². The maximum absolute atomic E-state index is 12.5. The number of nitrogens with zero attached hydrogens (tertiary/aromatic N) is 2. The second-order valence-electron chi connectivity index (χ2n) is 6.00. The Kier molecular flexibility index (Phi) is 4.94. The van der Waals surface area contributed by atoms with E-state index >= 15 is 0 Å². The summed E-state index contributed by atoms with van der Waals surface area (Å²) in [7, 11) is 0. The largest absolute Gasteiger partial charge is 0.491 e. The number of nitrogens with one attached hydrogen (secondary N) is 1. The van der Waals surface area contributed by atoms with Crippen LogP contribution in [-0.4, -0.2) is 27.3 Å². The van der Waals surface area contributed by atoms with Crippen LogP contribution < -0.4 is 15.6 Å². The van der Waals surface area contributed by atoms with Gasteiger partial charge in [-0.1, -0.05) is 30.3 Å². The van der Waals surface area contributed by atoms with Crippen molar-refractivity contribution in [2.75, 3.05) is 6.61 Å². The van der Waals surface area contributed by atoms with Crippen LogP contribution in [0.25, 0.3) is 17.0 Å². The van der Waals surface area contributed by atoms with Crippen LogP contribution in [0, 0.1) is 0 Å². The van der Waals surface area contributed by atoms with E-state index in [-0.39, 0.29) is 12.2 Å². The Hall–Kier alpha value is -3.39. The van der Waals surface area contributed by atoms with E-state index < -0.39 is 11.1 Å². The molecule has 0 aliphatic carbocycles. The maximum Gasteiger partial charge on any atom is 0.290 e. The molecule has 1 aromatic heterocycles. The van der Waals surface area contributed by atoms with Gasteiger partial charge in [-0.2, -0.15) is 0 Å². The minimum Gasteiger partial charge on any atom is -0.491 e. The second-order valence-corrected chi connectivity index (χ2v) is 7.01. The Balaban J connectivity index is 1.50. The van der Waals surface area contributed by atoms with Crippen LogP contribution in [0.4, 0.5) is 4.79 Å². The SMILES string of the molecule is O=C1NC(=O)C(=Cc2ccccc2OCCn2cnc3ccccc3c2=O)S1. The minimum absolute atomic E-state index is 0.123. The molecule has 3 aromatic rings. The predicted octanol–water partition coefficient (Wildman–Crippen LogP) is 2.80. The fraction of sp³-hybridized carbons (Fsp3) is 0.100. The summed E-state index contributed by atoms with van der Waals surface area (Å²) in [4.78, 5) is 40.2. The van der Waals surface area contributed by atoms with Gasteiger partial charge in [0.1, 0.15) is 12.4 Å². The average molecular weight is 393 g/mol. The van der Waals surface area contributed by atoms with E-state index in [0.29, 0.717) is 33.7 Å². The lowest BCUT2D eigenvalue weighted by Gasteiger charge is -2.11. The first-order valence-electron chi connectivity index (χ1n) is 8.53. The summed E-state index contributed by atoms with van der Waals surface area (Å²) in [5.41, 5.74) is 1.21. The van der Waals surface area contributed by atoms with Crippen LogP contribution in [0.3, 0.4) is 0 Å². The maximum atomic E-state index is 12.5. The number of hydrogen-bond acceptors (Lipinski definition) is 6. The molecule has 1 fully saturated rings.